The summed E-state index contributed by atoms with van der Waals surface area (Å²) >= 11 is 0. The van der Waals surface area contributed by atoms with Crippen molar-refractivity contribution < 1.29 is 55.1 Å². The Labute approximate surface area is 304 Å². The van der Waals surface area contributed by atoms with Crippen LogP contribution < -0.4 is 9.80 Å². The van der Waals surface area contributed by atoms with Gasteiger partial charge in [0, 0.05) is 54.8 Å². The van der Waals surface area contributed by atoms with Gasteiger partial charge in [-0.15, -0.1) is 0 Å². The summed E-state index contributed by atoms with van der Waals surface area (Å²) in [5.41, 5.74) is -1.74. The SMILES string of the molecule is CC(C)(C)OC(=O)C1CCN(c2cc(C(F)(F)F)ccc2/C=C/[N+](=O)[O-])CC1.CC(C)(C)OC(=O)C1CCN(c2cc(C(F)(F)F)ccc2C=O)CC1. The van der Waals surface area contributed by atoms with Gasteiger partial charge in [-0.25, -0.2) is 0 Å². The number of halogens is 6. The standard InChI is InChI=1S/C19H23F3N2O4.C18H22F3NO3/c1-18(2,3)28-17(25)14-6-9-23(10-7-14)16-12-15(19(20,21)22)5-4-13(16)8-11-24(26)27;1-17(2,3)25-16(24)12-6-8-22(9-7-12)15-10-14(18(19,20)21)5-4-13(15)11-23/h4-5,8,11-12,14H,6-7,9-10H2,1-3H3;4-5,10-12H,6-9H2,1-3H3/b11-8+;. The number of hydrogen-bond acceptors (Lipinski definition) is 9. The highest BCUT2D eigenvalue weighted by molar-refractivity contribution is 5.85. The number of carbonyl (C=O) groups excluding carboxylic acids is 3. The third-order valence-electron chi connectivity index (χ3n) is 8.37. The van der Waals surface area contributed by atoms with Crippen molar-refractivity contribution in [3.63, 3.8) is 0 Å². The van der Waals surface area contributed by atoms with Crippen molar-refractivity contribution in [3.05, 3.63) is 75.0 Å². The van der Waals surface area contributed by atoms with E-state index in [1.54, 1.807) is 51.3 Å². The van der Waals surface area contributed by atoms with Crippen LogP contribution in [0.3, 0.4) is 0 Å². The lowest BCUT2D eigenvalue weighted by atomic mass is 9.95. The summed E-state index contributed by atoms with van der Waals surface area (Å²) in [5, 5.41) is 10.6. The quantitative estimate of drug-likeness (QED) is 0.0900. The van der Waals surface area contributed by atoms with E-state index in [4.69, 9.17) is 9.47 Å². The first kappa shape index (κ1) is 42.8. The van der Waals surface area contributed by atoms with E-state index in [0.29, 0.717) is 69.9 Å². The number of alkyl halides is 6. The lowest BCUT2D eigenvalue weighted by Crippen LogP contribution is -2.39. The van der Waals surface area contributed by atoms with Crippen molar-refractivity contribution in [1.82, 2.24) is 0 Å². The van der Waals surface area contributed by atoms with Gasteiger partial charge in [0.05, 0.1) is 27.9 Å². The summed E-state index contributed by atoms with van der Waals surface area (Å²) in [6.07, 6.45) is -4.75. The fraction of sp³-hybridized carbons (Fsp3) is 0.541. The number of aldehydes is 1. The average molecular weight is 758 g/mol. The molecule has 2 aromatic rings. The van der Waals surface area contributed by atoms with Crippen molar-refractivity contribution in [2.24, 2.45) is 11.8 Å². The van der Waals surface area contributed by atoms with Gasteiger partial charge < -0.3 is 19.3 Å². The highest BCUT2D eigenvalue weighted by Crippen LogP contribution is 2.37. The number of carbonyl (C=O) groups is 3. The van der Waals surface area contributed by atoms with E-state index in [-0.39, 0.29) is 40.7 Å². The molecule has 2 aliphatic heterocycles. The molecule has 292 valence electrons. The molecule has 2 heterocycles. The second kappa shape index (κ2) is 17.0. The first-order valence-electron chi connectivity index (χ1n) is 17.0. The summed E-state index contributed by atoms with van der Waals surface area (Å²) < 4.78 is 88.8. The molecular formula is C37H45F6N3O7. The molecule has 0 N–H and O–H groups in total. The summed E-state index contributed by atoms with van der Waals surface area (Å²) in [7, 11) is 0. The van der Waals surface area contributed by atoms with Gasteiger partial charge >= 0.3 is 24.3 Å². The minimum Gasteiger partial charge on any atom is -0.460 e. The van der Waals surface area contributed by atoms with Gasteiger partial charge in [0.25, 0.3) is 0 Å². The van der Waals surface area contributed by atoms with E-state index in [1.807, 2.05) is 0 Å². The molecule has 2 fully saturated rings. The fourth-order valence-corrected chi connectivity index (χ4v) is 5.85. The number of hydrogen-bond donors (Lipinski definition) is 0. The Bertz CT molecular complexity index is 1650. The topological polar surface area (TPSA) is 119 Å². The lowest BCUT2D eigenvalue weighted by Gasteiger charge is -2.35. The molecule has 0 unspecified atom stereocenters. The number of benzene rings is 2. The lowest BCUT2D eigenvalue weighted by molar-refractivity contribution is -0.400. The summed E-state index contributed by atoms with van der Waals surface area (Å²) in [5.74, 6) is -1.20. The van der Waals surface area contributed by atoms with E-state index >= 15 is 0 Å². The number of esters is 2. The van der Waals surface area contributed by atoms with E-state index in [1.165, 1.54) is 18.2 Å². The van der Waals surface area contributed by atoms with Gasteiger partial charge in [0.1, 0.15) is 11.2 Å². The molecule has 0 spiro atoms. The predicted molar refractivity (Wildman–Crippen MR) is 186 cm³/mol. The maximum absolute atomic E-state index is 13.1. The van der Waals surface area contributed by atoms with Crippen LogP contribution >= 0.6 is 0 Å². The molecule has 2 saturated heterocycles. The Morgan fingerprint density at radius 1 is 0.698 bits per heavy atom. The first-order valence-corrected chi connectivity index (χ1v) is 17.0. The third kappa shape index (κ3) is 13.1. The molecule has 0 saturated carbocycles. The monoisotopic (exact) mass is 757 g/mol. The highest BCUT2D eigenvalue weighted by atomic mass is 19.4. The van der Waals surface area contributed by atoms with Crippen molar-refractivity contribution in [3.8, 4) is 0 Å². The smallest absolute Gasteiger partial charge is 0.416 e. The van der Waals surface area contributed by atoms with Gasteiger partial charge in [-0.05, 0) is 97.6 Å². The van der Waals surface area contributed by atoms with Crippen LogP contribution in [0.5, 0.6) is 0 Å². The molecule has 0 aromatic heterocycles. The second-order valence-electron chi connectivity index (χ2n) is 14.9. The zero-order valence-corrected chi connectivity index (χ0v) is 30.5. The van der Waals surface area contributed by atoms with Crippen molar-refractivity contribution in [2.45, 2.75) is 90.8 Å². The zero-order chi connectivity index (χ0) is 39.9. The average Bonchev–Trinajstić information content (AvgIpc) is 3.05. The maximum Gasteiger partial charge on any atom is 0.416 e. The summed E-state index contributed by atoms with van der Waals surface area (Å²) in [6.45, 7) is 12.2. The Morgan fingerprint density at radius 2 is 1.06 bits per heavy atom. The van der Waals surface area contributed by atoms with Gasteiger partial charge in [-0.3, -0.25) is 24.5 Å². The van der Waals surface area contributed by atoms with Crippen LogP contribution in [0.4, 0.5) is 37.7 Å². The molecular weight excluding hydrogens is 712 g/mol. The molecule has 0 aliphatic carbocycles. The zero-order valence-electron chi connectivity index (χ0n) is 30.5. The molecule has 0 bridgehead atoms. The Balaban J connectivity index is 0.000000287. The van der Waals surface area contributed by atoms with Crippen LogP contribution in [0.25, 0.3) is 6.08 Å². The minimum absolute atomic E-state index is 0.212. The Kier molecular flexibility index (Phi) is 13.7. The van der Waals surface area contributed by atoms with Gasteiger partial charge in [0.15, 0.2) is 6.29 Å². The molecule has 0 amide bonds. The minimum atomic E-state index is -4.52. The summed E-state index contributed by atoms with van der Waals surface area (Å²) in [6, 6.07) is 6.20. The third-order valence-corrected chi connectivity index (χ3v) is 8.37. The summed E-state index contributed by atoms with van der Waals surface area (Å²) in [4.78, 5) is 48.9. The van der Waals surface area contributed by atoms with E-state index < -0.39 is 39.6 Å². The predicted octanol–water partition coefficient (Wildman–Crippen LogP) is 8.59. The molecule has 16 heteroatoms. The molecule has 2 aliphatic rings. The number of anilines is 2. The van der Waals surface area contributed by atoms with Crippen molar-refractivity contribution >= 4 is 35.7 Å². The first-order chi connectivity index (χ1) is 24.4. The van der Waals surface area contributed by atoms with E-state index in [2.05, 4.69) is 0 Å². The number of nitro groups is 1. The van der Waals surface area contributed by atoms with Crippen LogP contribution in [0.2, 0.25) is 0 Å². The van der Waals surface area contributed by atoms with Gasteiger partial charge in [-0.1, -0.05) is 6.07 Å². The van der Waals surface area contributed by atoms with Gasteiger partial charge in [-0.2, -0.15) is 26.3 Å². The molecule has 0 atom stereocenters. The van der Waals surface area contributed by atoms with Crippen LogP contribution in [-0.4, -0.2) is 60.5 Å². The van der Waals surface area contributed by atoms with Crippen LogP contribution in [0, 0.1) is 22.0 Å². The van der Waals surface area contributed by atoms with Crippen LogP contribution in [0.15, 0.2) is 42.6 Å². The maximum atomic E-state index is 13.1. The van der Waals surface area contributed by atoms with Crippen LogP contribution in [0.1, 0.15) is 94.3 Å². The second-order valence-corrected chi connectivity index (χ2v) is 14.9. The Morgan fingerprint density at radius 3 is 1.38 bits per heavy atom. The molecule has 53 heavy (non-hydrogen) atoms. The van der Waals surface area contributed by atoms with Crippen LogP contribution in [-0.2, 0) is 31.4 Å². The molecule has 2 aromatic carbocycles. The largest absolute Gasteiger partial charge is 0.460 e. The van der Waals surface area contributed by atoms with E-state index in [9.17, 15) is 50.8 Å². The molecule has 0 radical (unpaired) electrons. The Hall–Kier alpha value is -4.63. The number of nitrogens with zero attached hydrogens (tertiary/aromatic N) is 3. The molecule has 4 rings (SSSR count). The van der Waals surface area contributed by atoms with E-state index in [0.717, 1.165) is 24.3 Å². The normalized spacial score (nSPS) is 16.5. The van der Waals surface area contributed by atoms with Crippen molar-refractivity contribution in [2.75, 3.05) is 36.0 Å². The fourth-order valence-electron chi connectivity index (χ4n) is 5.85. The van der Waals surface area contributed by atoms with Crippen molar-refractivity contribution in [1.29, 1.82) is 0 Å². The number of rotatable bonds is 7. The molecule has 10 nitrogen and oxygen atoms in total. The number of piperidine rings is 2. The highest BCUT2D eigenvalue weighted by Gasteiger charge is 2.35. The van der Waals surface area contributed by atoms with Gasteiger partial charge in [0.2, 0.25) is 6.20 Å². The number of ether oxygens (including phenoxy) is 2.